The number of alkyl halides is 6. The molecule has 0 aliphatic heterocycles. The fraction of sp³-hybridized carbons (Fsp3) is 0.222. The summed E-state index contributed by atoms with van der Waals surface area (Å²) in [4.78, 5) is 45.8. The highest BCUT2D eigenvalue weighted by molar-refractivity contribution is 6.23. The minimum Gasteiger partial charge on any atom is -0.478 e. The molecule has 0 amide bonds. The normalized spacial score (nSPS) is 15.9. The Kier molecular flexibility index (Phi) is 5.00. The summed E-state index contributed by atoms with van der Waals surface area (Å²) in [6.07, 6.45) is -14.9. The van der Waals surface area contributed by atoms with Crippen molar-refractivity contribution in [1.29, 1.82) is 0 Å². The molecular formula is C18H8F6O9. The van der Waals surface area contributed by atoms with Crippen LogP contribution in [0.3, 0.4) is 0 Å². The maximum atomic E-state index is 14.1. The van der Waals surface area contributed by atoms with Gasteiger partial charge in [-0.2, -0.15) is 26.3 Å². The van der Waals surface area contributed by atoms with Gasteiger partial charge in [0.2, 0.25) is 0 Å². The molecular weight excluding hydrogens is 474 g/mol. The first-order valence-electron chi connectivity index (χ1n) is 8.36. The molecule has 0 spiro atoms. The summed E-state index contributed by atoms with van der Waals surface area (Å²) in [5, 5.41) is 35.7. The van der Waals surface area contributed by atoms with E-state index < -0.39 is 92.6 Å². The molecule has 9 nitrogen and oxygen atoms in total. The smallest absolute Gasteiger partial charge is 0.407 e. The zero-order valence-corrected chi connectivity index (χ0v) is 15.5. The fourth-order valence-corrected chi connectivity index (χ4v) is 3.73. The summed E-state index contributed by atoms with van der Waals surface area (Å²) in [6, 6.07) is 0.498. The first-order chi connectivity index (χ1) is 15.0. The highest BCUT2D eigenvalue weighted by atomic mass is 19.4. The summed E-state index contributed by atoms with van der Waals surface area (Å²) >= 11 is 0. The van der Waals surface area contributed by atoms with Crippen LogP contribution in [0.15, 0.2) is 22.1 Å². The second-order valence-corrected chi connectivity index (χ2v) is 6.85. The van der Waals surface area contributed by atoms with Gasteiger partial charge in [0.15, 0.2) is 5.41 Å². The van der Waals surface area contributed by atoms with Crippen molar-refractivity contribution in [3.63, 3.8) is 0 Å². The van der Waals surface area contributed by atoms with Crippen LogP contribution in [-0.4, -0.2) is 56.7 Å². The maximum Gasteiger partial charge on any atom is 0.407 e. The quantitative estimate of drug-likeness (QED) is 0.478. The van der Waals surface area contributed by atoms with Gasteiger partial charge in [-0.15, -0.1) is 0 Å². The summed E-state index contributed by atoms with van der Waals surface area (Å²) in [7, 11) is 0. The van der Waals surface area contributed by atoms with Crippen molar-refractivity contribution < 1.29 is 70.4 Å². The number of carboxylic acids is 4. The first-order valence-corrected chi connectivity index (χ1v) is 8.36. The van der Waals surface area contributed by atoms with Crippen LogP contribution in [-0.2, 0) is 15.0 Å². The maximum absolute atomic E-state index is 14.1. The standard InChI is InChI=1S/C18H8F6O9/c19-17(20,21)16(18(22,23)24)3-7(14(29)30)9(15(31)32)11-10(16)6-1-4(12(25)26)5(13(27)28)2-8(6)33-11/h1-2H,3H2,(H,25,26)(H,27,28)(H,29,30)(H,31,32). The van der Waals surface area contributed by atoms with Gasteiger partial charge in [0, 0.05) is 17.4 Å². The van der Waals surface area contributed by atoms with Crippen LogP contribution >= 0.6 is 0 Å². The summed E-state index contributed by atoms with van der Waals surface area (Å²) < 4.78 is 89.3. The van der Waals surface area contributed by atoms with Crippen molar-refractivity contribution in [2.45, 2.75) is 24.2 Å². The van der Waals surface area contributed by atoms with Crippen molar-refractivity contribution in [1.82, 2.24) is 0 Å². The molecule has 1 aliphatic carbocycles. The molecule has 4 N–H and O–H groups in total. The summed E-state index contributed by atoms with van der Waals surface area (Å²) in [6.45, 7) is 0. The molecule has 1 aromatic heterocycles. The molecule has 1 aromatic carbocycles. The highest BCUT2D eigenvalue weighted by Crippen LogP contribution is 2.61. The van der Waals surface area contributed by atoms with Crippen molar-refractivity contribution in [2.75, 3.05) is 0 Å². The molecule has 3 rings (SSSR count). The Morgan fingerprint density at radius 3 is 1.67 bits per heavy atom. The molecule has 15 heteroatoms. The third-order valence-corrected chi connectivity index (χ3v) is 5.13. The van der Waals surface area contributed by atoms with E-state index in [1.165, 1.54) is 0 Å². The number of aromatic carboxylic acids is 2. The molecule has 2 aromatic rings. The van der Waals surface area contributed by atoms with Gasteiger partial charge in [0.05, 0.1) is 16.7 Å². The number of hydrogen-bond acceptors (Lipinski definition) is 5. The van der Waals surface area contributed by atoms with Crippen LogP contribution in [0.1, 0.15) is 38.5 Å². The molecule has 1 aliphatic rings. The Hall–Kier alpha value is -4.04. The Balaban J connectivity index is 2.68. The molecule has 0 saturated carbocycles. The Morgan fingerprint density at radius 1 is 0.788 bits per heavy atom. The minimum absolute atomic E-state index is 0.181. The van der Waals surface area contributed by atoms with Crippen molar-refractivity contribution in [3.8, 4) is 0 Å². The van der Waals surface area contributed by atoms with E-state index in [0.29, 0.717) is 6.07 Å². The SMILES string of the molecule is O=C(O)C1=C(C(=O)O)c2oc3cc(C(=O)O)c(C(=O)O)cc3c2C(C(F)(F)F)(C(F)(F)F)C1. The van der Waals surface area contributed by atoms with Crippen LogP contribution in [0, 0.1) is 0 Å². The number of aliphatic carboxylic acids is 2. The minimum atomic E-state index is -6.27. The molecule has 176 valence electrons. The van der Waals surface area contributed by atoms with Gasteiger partial charge in [-0.25, -0.2) is 19.2 Å². The zero-order valence-electron chi connectivity index (χ0n) is 15.5. The van der Waals surface area contributed by atoms with Crippen LogP contribution in [0.5, 0.6) is 0 Å². The lowest BCUT2D eigenvalue weighted by molar-refractivity contribution is -0.303. The van der Waals surface area contributed by atoms with Crippen LogP contribution in [0.4, 0.5) is 26.3 Å². The predicted octanol–water partition coefficient (Wildman–Crippen LogP) is 3.52. The van der Waals surface area contributed by atoms with E-state index in [9.17, 15) is 60.8 Å². The highest BCUT2D eigenvalue weighted by Gasteiger charge is 2.75. The number of benzene rings is 1. The van der Waals surface area contributed by atoms with E-state index in [4.69, 9.17) is 9.52 Å². The number of carbonyl (C=O) groups is 4. The third kappa shape index (κ3) is 3.18. The van der Waals surface area contributed by atoms with E-state index in [1.54, 1.807) is 0 Å². The number of rotatable bonds is 4. The molecule has 33 heavy (non-hydrogen) atoms. The second kappa shape index (κ2) is 6.98. The van der Waals surface area contributed by atoms with Gasteiger partial charge in [0.1, 0.15) is 16.9 Å². The molecule has 0 bridgehead atoms. The van der Waals surface area contributed by atoms with Gasteiger partial charge in [-0.1, -0.05) is 0 Å². The molecule has 1 heterocycles. The Bertz CT molecular complexity index is 1270. The molecule has 0 saturated heterocycles. The van der Waals surface area contributed by atoms with Crippen LogP contribution in [0.25, 0.3) is 16.5 Å². The zero-order chi connectivity index (χ0) is 25.3. The van der Waals surface area contributed by atoms with Gasteiger partial charge in [-0.3, -0.25) is 0 Å². The molecule has 0 atom stereocenters. The van der Waals surface area contributed by atoms with E-state index in [0.717, 1.165) is 0 Å². The molecule has 0 radical (unpaired) electrons. The van der Waals surface area contributed by atoms with Crippen LogP contribution < -0.4 is 0 Å². The number of carboxylic acid groups (broad SMARTS) is 4. The summed E-state index contributed by atoms with van der Waals surface area (Å²) in [5.74, 6) is -10.2. The van der Waals surface area contributed by atoms with E-state index in [1.807, 2.05) is 0 Å². The van der Waals surface area contributed by atoms with Gasteiger partial charge in [0.25, 0.3) is 0 Å². The second-order valence-electron chi connectivity index (χ2n) is 6.85. The lowest BCUT2D eigenvalue weighted by Crippen LogP contribution is -2.56. The monoisotopic (exact) mass is 482 g/mol. The number of halogens is 6. The van der Waals surface area contributed by atoms with Crippen molar-refractivity contribution in [3.05, 3.63) is 40.2 Å². The number of hydrogen-bond donors (Lipinski definition) is 4. The predicted molar refractivity (Wildman–Crippen MR) is 90.7 cm³/mol. The average Bonchev–Trinajstić information content (AvgIpc) is 3.01. The van der Waals surface area contributed by atoms with Crippen LogP contribution in [0.2, 0.25) is 0 Å². The van der Waals surface area contributed by atoms with E-state index >= 15 is 0 Å². The first kappa shape index (κ1) is 23.6. The van der Waals surface area contributed by atoms with Gasteiger partial charge >= 0.3 is 36.2 Å². The fourth-order valence-electron chi connectivity index (χ4n) is 3.73. The third-order valence-electron chi connectivity index (χ3n) is 5.13. The van der Waals surface area contributed by atoms with Crippen molar-refractivity contribution >= 4 is 40.4 Å². The average molecular weight is 482 g/mol. The van der Waals surface area contributed by atoms with Crippen molar-refractivity contribution in [2.24, 2.45) is 0 Å². The largest absolute Gasteiger partial charge is 0.478 e. The number of fused-ring (bicyclic) bond motifs is 3. The Labute approximate surface area is 176 Å². The number of furan rings is 1. The summed E-state index contributed by atoms with van der Waals surface area (Å²) in [5.41, 5.74) is -13.5. The topological polar surface area (TPSA) is 162 Å². The lowest BCUT2D eigenvalue weighted by Gasteiger charge is -2.40. The molecule has 0 unspecified atom stereocenters. The Morgan fingerprint density at radius 2 is 1.27 bits per heavy atom. The lowest BCUT2D eigenvalue weighted by atomic mass is 9.67. The van der Waals surface area contributed by atoms with Gasteiger partial charge < -0.3 is 24.8 Å². The van der Waals surface area contributed by atoms with E-state index in [-0.39, 0.29) is 6.07 Å². The van der Waals surface area contributed by atoms with E-state index in [2.05, 4.69) is 0 Å². The molecule has 0 fully saturated rings. The van der Waals surface area contributed by atoms with Gasteiger partial charge in [-0.05, 0) is 12.1 Å².